The van der Waals surface area contributed by atoms with Crippen molar-refractivity contribution in [2.75, 3.05) is 5.32 Å². The van der Waals surface area contributed by atoms with E-state index in [0.717, 1.165) is 28.3 Å². The Morgan fingerprint density at radius 2 is 1.62 bits per heavy atom. The molecular weight excluding hydrogens is 761 g/mol. The van der Waals surface area contributed by atoms with Gasteiger partial charge in [-0.1, -0.05) is 51.3 Å². The topological polar surface area (TPSA) is 239 Å². The number of carbonyl (C=O) groups excluding carboxylic acids is 2. The van der Waals surface area contributed by atoms with Gasteiger partial charge in [-0.15, -0.1) is 11.3 Å². The lowest BCUT2D eigenvalue weighted by molar-refractivity contribution is -0.384. The fourth-order valence-corrected chi connectivity index (χ4v) is 8.04. The van der Waals surface area contributed by atoms with Crippen molar-refractivity contribution in [1.29, 1.82) is 0 Å². The minimum Gasteiger partial charge on any atom is -0.508 e. The molecule has 1 aliphatic carbocycles. The molecule has 0 radical (unpaired) electrons. The second-order valence-corrected chi connectivity index (χ2v) is 16.3. The molecule has 1 heterocycles. The van der Waals surface area contributed by atoms with E-state index in [1.807, 2.05) is 13.8 Å². The fourth-order valence-electron chi connectivity index (χ4n) is 5.19. The molecule has 2 amide bonds. The van der Waals surface area contributed by atoms with Crippen molar-refractivity contribution in [2.24, 2.45) is 11.5 Å². The van der Waals surface area contributed by atoms with Crippen molar-refractivity contribution in [2.45, 2.75) is 110 Å². The third-order valence-corrected chi connectivity index (χ3v) is 10.5. The van der Waals surface area contributed by atoms with Crippen LogP contribution in [0.4, 0.5) is 21.0 Å². The number of thiazole rings is 1. The molecule has 1 aliphatic rings. The summed E-state index contributed by atoms with van der Waals surface area (Å²) in [6, 6.07) is 16.5. The van der Waals surface area contributed by atoms with Gasteiger partial charge < -0.3 is 26.0 Å². The van der Waals surface area contributed by atoms with Gasteiger partial charge in [0.15, 0.2) is 0 Å². The minimum absolute atomic E-state index is 0.0133. The number of benzene rings is 3. The van der Waals surface area contributed by atoms with E-state index in [2.05, 4.69) is 25.5 Å². The number of sulfonamides is 1. The van der Waals surface area contributed by atoms with Gasteiger partial charge in [-0.2, -0.15) is 0 Å². The predicted molar refractivity (Wildman–Crippen MR) is 219 cm³/mol. The molecule has 1 fully saturated rings. The van der Waals surface area contributed by atoms with Crippen LogP contribution in [0.25, 0.3) is 10.4 Å². The molecule has 306 valence electrons. The van der Waals surface area contributed by atoms with Crippen LogP contribution < -0.4 is 26.2 Å². The van der Waals surface area contributed by atoms with Gasteiger partial charge in [0.1, 0.15) is 11.5 Å². The van der Waals surface area contributed by atoms with E-state index in [9.17, 15) is 28.1 Å². The maximum atomic E-state index is 13.4. The molecule has 0 atom stereocenters. The van der Waals surface area contributed by atoms with Gasteiger partial charge in [0.25, 0.3) is 5.69 Å². The summed E-state index contributed by atoms with van der Waals surface area (Å²) in [6.07, 6.45) is 5.79. The summed E-state index contributed by atoms with van der Waals surface area (Å²) in [5.41, 5.74) is 10.8. The highest BCUT2D eigenvalue weighted by molar-refractivity contribution is 7.89. The first-order valence-electron chi connectivity index (χ1n) is 18.2. The number of amides is 2. The Labute approximate surface area is 333 Å². The number of phenols is 1. The fraction of sp³-hybridized carbons (Fsp3) is 0.410. The number of nitro groups is 1. The number of non-ortho nitro benzene ring substituents is 1. The number of nitrogens with two attached hydrogens (primary N) is 2. The van der Waals surface area contributed by atoms with Crippen LogP contribution in [0.2, 0.25) is 0 Å². The number of carbonyl (C=O) groups is 2. The molecule has 0 unspecified atom stereocenters. The first kappa shape index (κ1) is 47.1. The van der Waals surface area contributed by atoms with Crippen LogP contribution in [-0.4, -0.2) is 47.3 Å². The number of anilines is 1. The highest BCUT2D eigenvalue weighted by Gasteiger charge is 2.27. The lowest BCUT2D eigenvalue weighted by Gasteiger charge is -2.22. The number of nitrogens with one attached hydrogen (secondary N) is 2. The van der Waals surface area contributed by atoms with Crippen LogP contribution in [0.1, 0.15) is 97.1 Å². The summed E-state index contributed by atoms with van der Waals surface area (Å²) in [5.74, 6) is 0.782. The lowest BCUT2D eigenvalue weighted by Crippen LogP contribution is -2.40. The molecule has 0 aliphatic heterocycles. The molecule has 17 heteroatoms. The van der Waals surface area contributed by atoms with E-state index < -0.39 is 32.7 Å². The van der Waals surface area contributed by atoms with Gasteiger partial charge in [0.2, 0.25) is 10.0 Å². The minimum atomic E-state index is -3.97. The lowest BCUT2D eigenvalue weighted by atomic mass is 9.90. The number of primary amides is 1. The molecule has 0 saturated heterocycles. The molecule has 3 aromatic carbocycles. The number of ether oxygens (including phenoxy) is 2. The Hall–Kier alpha value is -5.10. The number of nitro benzene ring substituents is 1. The first-order valence-corrected chi connectivity index (χ1v) is 20.5. The Morgan fingerprint density at radius 1 is 1.02 bits per heavy atom. The van der Waals surface area contributed by atoms with Crippen LogP contribution in [0.3, 0.4) is 0 Å². The standard InChI is InChI=1S/C26H30N4O6S2.C7H9NO.C4H9NO2.C2H6/c1-26(2,3)29-38(34,35)23-15-18(28-25(31)36-20-12-10-19(11-13-20)30(32)33)9-14-21(23)22-16-27-24(37-22)17-7-5-4-6-8-17;8-5-6-1-3-7(9)4-2-6;1-3(2)7-4(5)6;1-2/h9-17,29H,4-8H2,1-3H3,(H,28,31);1-4,9H,5,8H2;3H,1-2H3,(H2,5,6);1-2H3. The van der Waals surface area contributed by atoms with Crippen molar-refractivity contribution in [1.82, 2.24) is 9.71 Å². The number of phenolic OH excluding ortho intramolecular Hbond substituents is 1. The third-order valence-electron chi connectivity index (χ3n) is 7.48. The third kappa shape index (κ3) is 16.3. The van der Waals surface area contributed by atoms with Crippen LogP contribution in [-0.2, 0) is 21.3 Å². The maximum absolute atomic E-state index is 13.4. The van der Waals surface area contributed by atoms with Gasteiger partial charge in [-0.05, 0) is 89.4 Å². The van der Waals surface area contributed by atoms with E-state index in [0.29, 0.717) is 18.0 Å². The number of hydrogen-bond acceptors (Lipinski definition) is 12. The highest BCUT2D eigenvalue weighted by Crippen LogP contribution is 2.40. The molecule has 0 spiro atoms. The maximum Gasteiger partial charge on any atom is 0.417 e. The van der Waals surface area contributed by atoms with Gasteiger partial charge in [-0.25, -0.2) is 27.7 Å². The molecule has 5 rings (SSSR count). The predicted octanol–water partition coefficient (Wildman–Crippen LogP) is 8.82. The van der Waals surface area contributed by atoms with Crippen molar-refractivity contribution >= 4 is 44.9 Å². The summed E-state index contributed by atoms with van der Waals surface area (Å²) in [6.45, 7) is 13.3. The summed E-state index contributed by atoms with van der Waals surface area (Å²) in [7, 11) is -3.97. The number of aromatic nitrogens is 1. The second-order valence-electron chi connectivity index (χ2n) is 13.6. The van der Waals surface area contributed by atoms with Gasteiger partial charge in [-0.3, -0.25) is 15.4 Å². The van der Waals surface area contributed by atoms with Crippen LogP contribution in [0, 0.1) is 10.1 Å². The Kier molecular flexibility index (Phi) is 18.9. The molecule has 1 saturated carbocycles. The number of rotatable bonds is 9. The summed E-state index contributed by atoms with van der Waals surface area (Å²) in [4.78, 5) is 37.9. The van der Waals surface area contributed by atoms with Crippen molar-refractivity contribution in [3.05, 3.63) is 93.6 Å². The first-order chi connectivity index (χ1) is 26.4. The SMILES string of the molecule is CC.CC(C)(C)NS(=O)(=O)c1cc(NC(=O)Oc2ccc([N+](=O)[O-])cc2)ccc1-c1cnc(C2CCCCC2)s1.CC(C)OC(N)=O.NCc1ccc(O)cc1. The quantitative estimate of drug-likeness (QED) is 0.0790. The van der Waals surface area contributed by atoms with Crippen molar-refractivity contribution in [3.8, 4) is 21.9 Å². The Bertz CT molecular complexity index is 1960. The molecule has 15 nitrogen and oxygen atoms in total. The summed E-state index contributed by atoms with van der Waals surface area (Å²) < 4.78 is 39.2. The Morgan fingerprint density at radius 3 is 2.12 bits per heavy atom. The van der Waals surface area contributed by atoms with Crippen molar-refractivity contribution in [3.63, 3.8) is 0 Å². The zero-order valence-electron chi connectivity index (χ0n) is 32.9. The zero-order valence-corrected chi connectivity index (χ0v) is 34.5. The van der Waals surface area contributed by atoms with Gasteiger partial charge in [0.05, 0.1) is 25.8 Å². The van der Waals surface area contributed by atoms with E-state index >= 15 is 0 Å². The van der Waals surface area contributed by atoms with E-state index in [1.165, 1.54) is 60.9 Å². The van der Waals surface area contributed by atoms with Crippen molar-refractivity contribution < 1.29 is 37.5 Å². The zero-order chi connectivity index (χ0) is 42.1. The van der Waals surface area contributed by atoms with Crippen LogP contribution in [0.5, 0.6) is 11.5 Å². The summed E-state index contributed by atoms with van der Waals surface area (Å²) >= 11 is 1.50. The molecule has 1 aromatic heterocycles. The molecule has 56 heavy (non-hydrogen) atoms. The number of hydrogen-bond donors (Lipinski definition) is 5. The summed E-state index contributed by atoms with van der Waals surface area (Å²) in [5, 5.41) is 23.2. The van der Waals surface area contributed by atoms with Gasteiger partial charge >= 0.3 is 12.2 Å². The van der Waals surface area contributed by atoms with E-state index in [-0.39, 0.29) is 33.9 Å². The number of aromatic hydroxyl groups is 1. The average Bonchev–Trinajstić information content (AvgIpc) is 3.63. The molecule has 0 bridgehead atoms. The molecule has 4 aromatic rings. The van der Waals surface area contributed by atoms with Gasteiger partial charge in [0, 0.05) is 47.6 Å². The van der Waals surface area contributed by atoms with Crippen LogP contribution >= 0.6 is 11.3 Å². The molecule has 7 N–H and O–H groups in total. The highest BCUT2D eigenvalue weighted by atomic mass is 32.2. The van der Waals surface area contributed by atoms with Crippen LogP contribution in [0.15, 0.2) is 77.8 Å². The smallest absolute Gasteiger partial charge is 0.417 e. The van der Waals surface area contributed by atoms with E-state index in [1.54, 1.807) is 77.2 Å². The monoisotopic (exact) mass is 814 g/mol. The second kappa shape index (κ2) is 22.5. The molecular formula is C39H54N6O9S2. The largest absolute Gasteiger partial charge is 0.508 e. The Balaban J connectivity index is 0.000000496. The number of nitrogens with zero attached hydrogens (tertiary/aromatic N) is 2. The van der Waals surface area contributed by atoms with E-state index in [4.69, 9.17) is 15.6 Å². The average molecular weight is 815 g/mol. The normalized spacial score (nSPS) is 12.7.